The molecule has 1 aromatic rings. The average molecular weight is 369 g/mol. The third kappa shape index (κ3) is 3.96. The van der Waals surface area contributed by atoms with E-state index in [1.54, 1.807) is 35.5 Å². The Morgan fingerprint density at radius 3 is 2.42 bits per heavy atom. The minimum Gasteiger partial charge on any atom is -0.493 e. The summed E-state index contributed by atoms with van der Waals surface area (Å²) in [7, 11) is 7.83. The van der Waals surface area contributed by atoms with E-state index in [4.69, 9.17) is 23.7 Å². The Hall–Kier alpha value is -2.19. The zero-order valence-corrected chi connectivity index (χ0v) is 15.9. The van der Waals surface area contributed by atoms with Gasteiger partial charge in [-0.15, -0.1) is 0 Å². The van der Waals surface area contributed by atoms with Crippen molar-refractivity contribution in [3.63, 3.8) is 0 Å². The molecule has 2 rings (SSSR count). The first-order valence-corrected chi connectivity index (χ1v) is 8.36. The largest absolute Gasteiger partial charge is 0.493 e. The predicted molar refractivity (Wildman–Crippen MR) is 94.3 cm³/mol. The Labute approximate surface area is 153 Å². The number of rotatable bonds is 7. The Morgan fingerprint density at radius 1 is 1.19 bits per heavy atom. The summed E-state index contributed by atoms with van der Waals surface area (Å²) < 4.78 is 27.5. The van der Waals surface area contributed by atoms with Gasteiger partial charge >= 0.3 is 6.09 Å². The van der Waals surface area contributed by atoms with Gasteiger partial charge in [0.05, 0.1) is 27.4 Å². The van der Waals surface area contributed by atoms with Gasteiger partial charge in [0.25, 0.3) is 0 Å². The quantitative estimate of drug-likeness (QED) is 0.584. The van der Waals surface area contributed by atoms with E-state index in [-0.39, 0.29) is 18.9 Å². The van der Waals surface area contributed by atoms with Crippen LogP contribution in [0, 0.1) is 0 Å². The molecule has 0 saturated carbocycles. The molecule has 1 aliphatic rings. The fraction of sp³-hybridized carbons (Fsp3) is 0.611. The zero-order chi connectivity index (χ0) is 19.3. The smallest absolute Gasteiger partial charge is 0.407 e. The van der Waals surface area contributed by atoms with Gasteiger partial charge in [0.1, 0.15) is 6.79 Å². The molecule has 1 aromatic carbocycles. The molecule has 2 atom stereocenters. The molecule has 1 amide bonds. The van der Waals surface area contributed by atoms with Gasteiger partial charge in [0.2, 0.25) is 5.75 Å². The molecule has 1 aliphatic carbocycles. The van der Waals surface area contributed by atoms with E-state index in [0.29, 0.717) is 36.5 Å². The Bertz CT molecular complexity index is 634. The van der Waals surface area contributed by atoms with Crippen molar-refractivity contribution in [1.29, 1.82) is 0 Å². The second-order valence-electron chi connectivity index (χ2n) is 6.10. The van der Waals surface area contributed by atoms with E-state index >= 15 is 0 Å². The van der Waals surface area contributed by atoms with Crippen molar-refractivity contribution < 1.29 is 33.6 Å². The van der Waals surface area contributed by atoms with Crippen molar-refractivity contribution in [2.24, 2.45) is 0 Å². The molecule has 1 N–H and O–H groups in total. The van der Waals surface area contributed by atoms with Gasteiger partial charge in [-0.3, -0.25) is 0 Å². The number of hydrogen-bond acceptors (Lipinski definition) is 6. The standard InChI is InChI=1S/C18H27NO7/c1-19(18(20)21)11-6-7-12-13(14(8-11)26-10-22-2)9-15(23-3)17(25-5)16(12)24-4/h9,11,14H,6-8,10H2,1-5H3,(H,20,21)/t11-,14?/m1/s1. The number of amides is 1. The summed E-state index contributed by atoms with van der Waals surface area (Å²) in [6.07, 6.45) is 0.474. The maximum absolute atomic E-state index is 11.4. The molecule has 0 saturated heterocycles. The maximum Gasteiger partial charge on any atom is 0.407 e. The molecule has 8 nitrogen and oxygen atoms in total. The minimum atomic E-state index is -0.964. The van der Waals surface area contributed by atoms with Gasteiger partial charge in [0.15, 0.2) is 11.5 Å². The third-order valence-corrected chi connectivity index (χ3v) is 4.76. The summed E-state index contributed by atoms with van der Waals surface area (Å²) >= 11 is 0. The number of benzene rings is 1. The van der Waals surface area contributed by atoms with Crippen LogP contribution in [0.15, 0.2) is 6.07 Å². The van der Waals surface area contributed by atoms with Gasteiger partial charge in [-0.05, 0) is 30.9 Å². The first kappa shape index (κ1) is 20.1. The number of ether oxygens (including phenoxy) is 5. The normalized spacial score (nSPS) is 19.3. The Kier molecular flexibility index (Phi) is 6.93. The summed E-state index contributed by atoms with van der Waals surface area (Å²) in [6.45, 7) is 0.101. The topological polar surface area (TPSA) is 86.7 Å². The Morgan fingerprint density at radius 2 is 1.88 bits per heavy atom. The van der Waals surface area contributed by atoms with Crippen LogP contribution in [0.3, 0.4) is 0 Å². The summed E-state index contributed by atoms with van der Waals surface area (Å²) in [5, 5.41) is 9.37. The van der Waals surface area contributed by atoms with E-state index in [2.05, 4.69) is 0 Å². The number of fused-ring (bicyclic) bond motifs is 1. The number of hydrogen-bond donors (Lipinski definition) is 1. The SMILES string of the molecule is COCOC1C[C@H](N(C)C(=O)O)CCc2c1cc(OC)c(OC)c2OC. The van der Waals surface area contributed by atoms with Gasteiger partial charge in [-0.25, -0.2) is 4.79 Å². The highest BCUT2D eigenvalue weighted by atomic mass is 16.7. The highest BCUT2D eigenvalue weighted by molar-refractivity contribution is 5.65. The molecule has 0 fully saturated rings. The first-order valence-electron chi connectivity index (χ1n) is 8.36. The maximum atomic E-state index is 11.4. The molecule has 146 valence electrons. The molecule has 0 aromatic heterocycles. The lowest BCUT2D eigenvalue weighted by Crippen LogP contribution is -2.37. The second kappa shape index (κ2) is 8.95. The molecule has 0 aliphatic heterocycles. The lowest BCUT2D eigenvalue weighted by atomic mass is 9.98. The highest BCUT2D eigenvalue weighted by Gasteiger charge is 2.33. The van der Waals surface area contributed by atoms with E-state index in [9.17, 15) is 9.90 Å². The van der Waals surface area contributed by atoms with Crippen LogP contribution < -0.4 is 14.2 Å². The van der Waals surface area contributed by atoms with E-state index < -0.39 is 6.09 Å². The monoisotopic (exact) mass is 369 g/mol. The predicted octanol–water partition coefficient (Wildman–Crippen LogP) is 2.69. The first-order chi connectivity index (χ1) is 12.5. The fourth-order valence-corrected chi connectivity index (χ4v) is 3.40. The molecule has 0 spiro atoms. The van der Waals surface area contributed by atoms with Crippen molar-refractivity contribution in [2.45, 2.75) is 31.4 Å². The number of carboxylic acid groups (broad SMARTS) is 1. The lowest BCUT2D eigenvalue weighted by Gasteiger charge is -2.27. The van der Waals surface area contributed by atoms with Crippen LogP contribution in [0.4, 0.5) is 4.79 Å². The minimum absolute atomic E-state index is 0.101. The van der Waals surface area contributed by atoms with Crippen LogP contribution in [0.1, 0.15) is 30.1 Å². The van der Waals surface area contributed by atoms with Crippen molar-refractivity contribution in [1.82, 2.24) is 4.90 Å². The molecule has 1 unspecified atom stereocenters. The van der Waals surface area contributed by atoms with Crippen LogP contribution in [0.25, 0.3) is 0 Å². The molecule has 0 bridgehead atoms. The zero-order valence-electron chi connectivity index (χ0n) is 15.9. The van der Waals surface area contributed by atoms with Crippen LogP contribution in [0.5, 0.6) is 17.2 Å². The summed E-state index contributed by atoms with van der Waals surface area (Å²) in [4.78, 5) is 12.8. The molecular weight excluding hydrogens is 342 g/mol. The summed E-state index contributed by atoms with van der Waals surface area (Å²) in [5.41, 5.74) is 1.84. The highest BCUT2D eigenvalue weighted by Crippen LogP contribution is 2.47. The molecule has 0 heterocycles. The van der Waals surface area contributed by atoms with Gasteiger partial charge < -0.3 is 33.7 Å². The number of nitrogens with zero attached hydrogens (tertiary/aromatic N) is 1. The lowest BCUT2D eigenvalue weighted by molar-refractivity contribution is -0.0806. The Balaban J connectivity index is 2.53. The number of carbonyl (C=O) groups is 1. The van der Waals surface area contributed by atoms with Crippen molar-refractivity contribution in [2.75, 3.05) is 42.3 Å². The van der Waals surface area contributed by atoms with E-state index in [1.165, 1.54) is 4.90 Å². The van der Waals surface area contributed by atoms with Gasteiger partial charge in [-0.1, -0.05) is 0 Å². The summed E-state index contributed by atoms with van der Waals surface area (Å²) in [6, 6.07) is 1.68. The summed E-state index contributed by atoms with van der Waals surface area (Å²) in [5.74, 6) is 1.65. The van der Waals surface area contributed by atoms with Crippen LogP contribution in [-0.2, 0) is 15.9 Å². The van der Waals surface area contributed by atoms with Crippen LogP contribution in [0.2, 0.25) is 0 Å². The fourth-order valence-electron chi connectivity index (χ4n) is 3.40. The molecule has 0 radical (unpaired) electrons. The second-order valence-corrected chi connectivity index (χ2v) is 6.10. The van der Waals surface area contributed by atoms with Gasteiger partial charge in [-0.2, -0.15) is 0 Å². The molecule has 26 heavy (non-hydrogen) atoms. The van der Waals surface area contributed by atoms with Crippen LogP contribution in [-0.4, -0.2) is 64.4 Å². The average Bonchev–Trinajstić information content (AvgIpc) is 2.83. The third-order valence-electron chi connectivity index (χ3n) is 4.76. The van der Waals surface area contributed by atoms with Crippen molar-refractivity contribution >= 4 is 6.09 Å². The van der Waals surface area contributed by atoms with Crippen molar-refractivity contribution in [3.8, 4) is 17.2 Å². The van der Waals surface area contributed by atoms with Crippen LogP contribution >= 0.6 is 0 Å². The van der Waals surface area contributed by atoms with E-state index in [1.807, 2.05) is 6.07 Å². The van der Waals surface area contributed by atoms with Gasteiger partial charge in [0, 0.05) is 25.8 Å². The van der Waals surface area contributed by atoms with Crippen molar-refractivity contribution in [3.05, 3.63) is 17.2 Å². The van der Waals surface area contributed by atoms with E-state index in [0.717, 1.165) is 11.1 Å². The molecule has 8 heteroatoms. The number of methoxy groups -OCH3 is 4. The molecular formula is C18H27NO7.